The van der Waals surface area contributed by atoms with Gasteiger partial charge in [0.1, 0.15) is 11.5 Å². The molecule has 1 atom stereocenters. The van der Waals surface area contributed by atoms with E-state index in [2.05, 4.69) is 36.9 Å². The van der Waals surface area contributed by atoms with Crippen molar-refractivity contribution in [3.8, 4) is 11.3 Å². The highest BCUT2D eigenvalue weighted by molar-refractivity contribution is 5.72. The minimum absolute atomic E-state index is 0.274. The lowest BCUT2D eigenvalue weighted by molar-refractivity contribution is 0.181. The summed E-state index contributed by atoms with van der Waals surface area (Å²) in [5.74, 6) is 0.475. The number of aromatic nitrogens is 4. The molecule has 1 saturated heterocycles. The Balaban J connectivity index is 1.53. The van der Waals surface area contributed by atoms with Crippen molar-refractivity contribution >= 4 is 5.82 Å². The average Bonchev–Trinajstić information content (AvgIpc) is 3.24. The Bertz CT molecular complexity index is 874. The summed E-state index contributed by atoms with van der Waals surface area (Å²) in [6, 6.07) is 7.09. The number of rotatable bonds is 5. The number of halogens is 1. The fourth-order valence-corrected chi connectivity index (χ4v) is 3.80. The van der Waals surface area contributed by atoms with E-state index in [1.807, 2.05) is 18.5 Å². The van der Waals surface area contributed by atoms with Crippen molar-refractivity contribution in [3.05, 3.63) is 60.4 Å². The molecule has 140 valence electrons. The van der Waals surface area contributed by atoms with Crippen LogP contribution in [0.4, 0.5) is 10.2 Å². The van der Waals surface area contributed by atoms with Gasteiger partial charge in [0.15, 0.2) is 5.82 Å². The second-order valence-corrected chi connectivity index (χ2v) is 6.69. The maximum atomic E-state index is 14.3. The van der Waals surface area contributed by atoms with Gasteiger partial charge in [-0.25, -0.2) is 9.37 Å². The summed E-state index contributed by atoms with van der Waals surface area (Å²) >= 11 is 0. The highest BCUT2D eigenvalue weighted by Crippen LogP contribution is 2.31. The van der Waals surface area contributed by atoms with Crippen LogP contribution in [-0.2, 0) is 0 Å². The third-order valence-corrected chi connectivity index (χ3v) is 5.15. The number of hydrogen-bond acceptors (Lipinski definition) is 5. The maximum Gasteiger partial charge on any atom is 0.155 e. The summed E-state index contributed by atoms with van der Waals surface area (Å²) in [6.07, 6.45) is 8.20. The molecule has 1 fully saturated rings. The number of anilines is 1. The van der Waals surface area contributed by atoms with Gasteiger partial charge in [0.25, 0.3) is 0 Å². The van der Waals surface area contributed by atoms with E-state index in [0.29, 0.717) is 17.3 Å². The van der Waals surface area contributed by atoms with Crippen LogP contribution in [0, 0.1) is 5.82 Å². The number of aromatic amines is 1. The standard InChI is InChI=1S/C20H23FN6/c1-2-18(15-13-24-25-14-15)26-9-11-27(12-10-26)20-19(22-7-8-23-20)16-5-3-4-6-17(16)21/h3-8,13-14,18H,2,9-12H2,1H3,(H,24,25). The molecule has 1 aromatic carbocycles. The lowest BCUT2D eigenvalue weighted by atomic mass is 10.1. The number of hydrogen-bond donors (Lipinski definition) is 1. The van der Waals surface area contributed by atoms with E-state index in [-0.39, 0.29) is 5.82 Å². The SMILES string of the molecule is CCC(c1cn[nH]c1)N1CCN(c2nccnc2-c2ccccc2F)CC1. The molecule has 4 rings (SSSR count). The van der Waals surface area contributed by atoms with Gasteiger partial charge in [0.05, 0.1) is 6.20 Å². The third-order valence-electron chi connectivity index (χ3n) is 5.15. The number of nitrogens with one attached hydrogen (secondary N) is 1. The first-order chi connectivity index (χ1) is 13.3. The fourth-order valence-electron chi connectivity index (χ4n) is 3.80. The predicted molar refractivity (Wildman–Crippen MR) is 103 cm³/mol. The van der Waals surface area contributed by atoms with Crippen molar-refractivity contribution in [1.29, 1.82) is 0 Å². The first-order valence-corrected chi connectivity index (χ1v) is 9.31. The molecule has 6 nitrogen and oxygen atoms in total. The van der Waals surface area contributed by atoms with Gasteiger partial charge >= 0.3 is 0 Å². The molecular formula is C20H23FN6. The number of nitrogens with zero attached hydrogens (tertiary/aromatic N) is 5. The van der Waals surface area contributed by atoms with Crippen LogP contribution < -0.4 is 4.90 Å². The molecule has 1 unspecified atom stereocenters. The van der Waals surface area contributed by atoms with E-state index in [4.69, 9.17) is 0 Å². The lowest BCUT2D eigenvalue weighted by Gasteiger charge is -2.39. The van der Waals surface area contributed by atoms with Crippen LogP contribution in [0.15, 0.2) is 49.1 Å². The Morgan fingerprint density at radius 3 is 2.59 bits per heavy atom. The quantitative estimate of drug-likeness (QED) is 0.751. The van der Waals surface area contributed by atoms with E-state index in [9.17, 15) is 4.39 Å². The van der Waals surface area contributed by atoms with Crippen molar-refractivity contribution < 1.29 is 4.39 Å². The largest absolute Gasteiger partial charge is 0.352 e. The zero-order valence-electron chi connectivity index (χ0n) is 15.3. The Morgan fingerprint density at radius 2 is 1.89 bits per heavy atom. The molecule has 0 saturated carbocycles. The van der Waals surface area contributed by atoms with Gasteiger partial charge in [-0.2, -0.15) is 5.10 Å². The van der Waals surface area contributed by atoms with Gasteiger partial charge in [-0.3, -0.25) is 15.0 Å². The molecule has 27 heavy (non-hydrogen) atoms. The van der Waals surface area contributed by atoms with E-state index in [1.54, 1.807) is 24.5 Å². The Kier molecular flexibility index (Phi) is 5.11. The average molecular weight is 366 g/mol. The van der Waals surface area contributed by atoms with E-state index >= 15 is 0 Å². The molecule has 3 heterocycles. The van der Waals surface area contributed by atoms with Gasteiger partial charge < -0.3 is 4.90 Å². The van der Waals surface area contributed by atoms with Crippen LogP contribution in [0.1, 0.15) is 24.9 Å². The molecule has 2 aromatic heterocycles. The van der Waals surface area contributed by atoms with Gasteiger partial charge in [-0.15, -0.1) is 0 Å². The van der Waals surface area contributed by atoms with E-state index in [1.165, 1.54) is 11.6 Å². The highest BCUT2D eigenvalue weighted by Gasteiger charge is 2.27. The Morgan fingerprint density at radius 1 is 1.11 bits per heavy atom. The van der Waals surface area contributed by atoms with Crippen molar-refractivity contribution in [2.24, 2.45) is 0 Å². The van der Waals surface area contributed by atoms with E-state index in [0.717, 1.165) is 38.4 Å². The molecule has 1 N–H and O–H groups in total. The maximum absolute atomic E-state index is 14.3. The van der Waals surface area contributed by atoms with Crippen molar-refractivity contribution in [1.82, 2.24) is 25.1 Å². The minimum atomic E-state index is -0.274. The van der Waals surface area contributed by atoms with Crippen molar-refractivity contribution in [2.45, 2.75) is 19.4 Å². The molecule has 1 aliphatic heterocycles. The highest BCUT2D eigenvalue weighted by atomic mass is 19.1. The first kappa shape index (κ1) is 17.6. The minimum Gasteiger partial charge on any atom is -0.352 e. The van der Waals surface area contributed by atoms with Crippen LogP contribution in [0.2, 0.25) is 0 Å². The molecule has 0 radical (unpaired) electrons. The normalized spacial score (nSPS) is 16.4. The summed E-state index contributed by atoms with van der Waals surface area (Å²) in [4.78, 5) is 13.6. The summed E-state index contributed by atoms with van der Waals surface area (Å²) in [5, 5.41) is 6.99. The summed E-state index contributed by atoms with van der Waals surface area (Å²) < 4.78 is 14.3. The van der Waals surface area contributed by atoms with E-state index < -0.39 is 0 Å². The van der Waals surface area contributed by atoms with Gasteiger partial charge in [0, 0.05) is 61.9 Å². The smallest absolute Gasteiger partial charge is 0.155 e. The Labute approximate surface area is 158 Å². The van der Waals surface area contributed by atoms with Crippen LogP contribution in [0.5, 0.6) is 0 Å². The number of benzene rings is 1. The molecule has 0 amide bonds. The van der Waals surface area contributed by atoms with Crippen LogP contribution in [0.25, 0.3) is 11.3 Å². The topological polar surface area (TPSA) is 60.9 Å². The molecular weight excluding hydrogens is 343 g/mol. The Hall–Kier alpha value is -2.80. The van der Waals surface area contributed by atoms with Gasteiger partial charge in [-0.1, -0.05) is 19.1 Å². The van der Waals surface area contributed by atoms with Crippen LogP contribution in [0.3, 0.4) is 0 Å². The fraction of sp³-hybridized carbons (Fsp3) is 0.350. The second-order valence-electron chi connectivity index (χ2n) is 6.69. The molecule has 0 bridgehead atoms. The third kappa shape index (κ3) is 3.55. The molecule has 3 aromatic rings. The summed E-state index contributed by atoms with van der Waals surface area (Å²) in [6.45, 7) is 5.68. The van der Waals surface area contributed by atoms with Crippen molar-refractivity contribution in [2.75, 3.05) is 31.1 Å². The van der Waals surface area contributed by atoms with Gasteiger partial charge in [0.2, 0.25) is 0 Å². The summed E-state index contributed by atoms with van der Waals surface area (Å²) in [7, 11) is 0. The summed E-state index contributed by atoms with van der Waals surface area (Å²) in [5.41, 5.74) is 2.32. The molecule has 0 aliphatic carbocycles. The zero-order valence-corrected chi connectivity index (χ0v) is 15.3. The van der Waals surface area contributed by atoms with Crippen LogP contribution >= 0.6 is 0 Å². The monoisotopic (exact) mass is 366 g/mol. The second kappa shape index (κ2) is 7.84. The van der Waals surface area contributed by atoms with Crippen molar-refractivity contribution in [3.63, 3.8) is 0 Å². The molecule has 1 aliphatic rings. The van der Waals surface area contributed by atoms with Gasteiger partial charge in [-0.05, 0) is 18.6 Å². The van der Waals surface area contributed by atoms with Crippen LogP contribution in [-0.4, -0.2) is 51.2 Å². The molecule has 7 heteroatoms. The predicted octanol–water partition coefficient (Wildman–Crippen LogP) is 3.28. The number of piperazine rings is 1. The lowest BCUT2D eigenvalue weighted by Crippen LogP contribution is -2.48. The number of H-pyrrole nitrogens is 1. The first-order valence-electron chi connectivity index (χ1n) is 9.31. The zero-order chi connectivity index (χ0) is 18.6. The molecule has 0 spiro atoms.